The summed E-state index contributed by atoms with van der Waals surface area (Å²) in [6, 6.07) is 0. The highest BCUT2D eigenvalue weighted by atomic mass is 35.5. The average molecular weight is 280 g/mol. The Bertz CT molecular complexity index is 765. The lowest BCUT2D eigenvalue weighted by Crippen LogP contribution is -2.06. The Morgan fingerprint density at radius 1 is 1.42 bits per heavy atom. The average Bonchev–Trinajstić information content (AvgIpc) is 3.05. The molecule has 10 heteroatoms. The molecule has 0 unspecified atom stereocenters. The molecule has 0 aliphatic carbocycles. The molecule has 0 saturated carbocycles. The Kier molecular flexibility index (Phi) is 2.60. The number of carbonyl (C=O) groups is 1. The number of halogens is 1. The van der Waals surface area contributed by atoms with Gasteiger partial charge in [-0.1, -0.05) is 0 Å². The van der Waals surface area contributed by atoms with Gasteiger partial charge in [-0.25, -0.2) is 14.8 Å². The molecular weight excluding hydrogens is 274 g/mol. The summed E-state index contributed by atoms with van der Waals surface area (Å²) in [5.41, 5.74) is 0.927. The Labute approximate surface area is 110 Å². The van der Waals surface area contributed by atoms with Crippen LogP contribution < -0.4 is 0 Å². The second kappa shape index (κ2) is 4.28. The van der Waals surface area contributed by atoms with Crippen molar-refractivity contribution in [2.75, 3.05) is 7.11 Å². The molecule has 0 atom stereocenters. The number of ether oxygens (including phenoxy) is 1. The second-order valence-corrected chi connectivity index (χ2v) is 3.76. The molecule has 0 aromatic carbocycles. The minimum absolute atomic E-state index is 0.0183. The van der Waals surface area contributed by atoms with E-state index in [1.807, 2.05) is 0 Å². The van der Waals surface area contributed by atoms with Crippen LogP contribution in [0.4, 0.5) is 0 Å². The normalized spacial score (nSPS) is 10.8. The van der Waals surface area contributed by atoms with E-state index in [1.54, 1.807) is 0 Å². The van der Waals surface area contributed by atoms with E-state index in [1.165, 1.54) is 24.4 Å². The van der Waals surface area contributed by atoms with Gasteiger partial charge >= 0.3 is 5.97 Å². The van der Waals surface area contributed by atoms with E-state index < -0.39 is 5.97 Å². The lowest BCUT2D eigenvalue weighted by atomic mass is 10.5. The van der Waals surface area contributed by atoms with Gasteiger partial charge in [0.05, 0.1) is 13.4 Å². The fraction of sp³-hybridized carbons (Fsp3) is 0.111. The molecule has 9 nitrogen and oxygen atoms in total. The van der Waals surface area contributed by atoms with Crippen molar-refractivity contribution in [3.05, 3.63) is 23.8 Å². The zero-order valence-corrected chi connectivity index (χ0v) is 10.3. The maximum atomic E-state index is 11.3. The van der Waals surface area contributed by atoms with Crippen LogP contribution in [-0.4, -0.2) is 47.8 Å². The third-order valence-electron chi connectivity index (χ3n) is 2.32. The van der Waals surface area contributed by atoms with Crippen molar-refractivity contribution in [1.29, 1.82) is 0 Å². The van der Waals surface area contributed by atoms with Crippen LogP contribution in [0, 0.1) is 0 Å². The maximum absolute atomic E-state index is 11.3. The van der Waals surface area contributed by atoms with Crippen LogP contribution in [0.5, 0.6) is 0 Å². The first-order chi connectivity index (χ1) is 9.19. The van der Waals surface area contributed by atoms with Crippen molar-refractivity contribution in [2.24, 2.45) is 0 Å². The van der Waals surface area contributed by atoms with Crippen LogP contribution in [-0.2, 0) is 4.74 Å². The number of aromatic amines is 1. The Hall–Kier alpha value is -2.55. The monoisotopic (exact) mass is 279 g/mol. The van der Waals surface area contributed by atoms with E-state index >= 15 is 0 Å². The number of imidazole rings is 1. The zero-order valence-electron chi connectivity index (χ0n) is 9.53. The van der Waals surface area contributed by atoms with Crippen molar-refractivity contribution in [3.63, 3.8) is 0 Å². The van der Waals surface area contributed by atoms with Gasteiger partial charge in [0.25, 0.3) is 5.82 Å². The summed E-state index contributed by atoms with van der Waals surface area (Å²) in [6.07, 6.45) is 2.78. The summed E-state index contributed by atoms with van der Waals surface area (Å²) in [5, 5.41) is 3.97. The number of carbonyl (C=O) groups excluding carboxylic acids is 1. The highest BCUT2D eigenvalue weighted by Gasteiger charge is 2.16. The Morgan fingerprint density at radius 2 is 2.26 bits per heavy atom. The fourth-order valence-electron chi connectivity index (χ4n) is 1.51. The third-order valence-corrected chi connectivity index (χ3v) is 2.49. The summed E-state index contributed by atoms with van der Waals surface area (Å²) in [5.74, 6) is -0.375. The standard InChI is InChI=1S/C9H6ClN7O2/c1-19-8(18)6-13-3-17(16-6)7-4-5(12-2-11-4)14-9(10)15-7/h2-3H,1H3,(H,11,12,14,15). The summed E-state index contributed by atoms with van der Waals surface area (Å²) in [6.45, 7) is 0. The van der Waals surface area contributed by atoms with E-state index in [-0.39, 0.29) is 11.1 Å². The van der Waals surface area contributed by atoms with Gasteiger partial charge in [0.1, 0.15) is 11.8 Å². The molecule has 0 bridgehead atoms. The molecule has 96 valence electrons. The minimum atomic E-state index is -0.639. The molecular formula is C9H6ClN7O2. The van der Waals surface area contributed by atoms with Gasteiger partial charge in [-0.15, -0.1) is 5.10 Å². The second-order valence-electron chi connectivity index (χ2n) is 3.42. The van der Waals surface area contributed by atoms with Gasteiger partial charge in [-0.2, -0.15) is 14.6 Å². The minimum Gasteiger partial charge on any atom is -0.463 e. The van der Waals surface area contributed by atoms with Crippen LogP contribution in [0.2, 0.25) is 5.28 Å². The summed E-state index contributed by atoms with van der Waals surface area (Å²) >= 11 is 5.80. The molecule has 0 saturated heterocycles. The highest BCUT2D eigenvalue weighted by Crippen LogP contribution is 2.17. The van der Waals surface area contributed by atoms with Crippen LogP contribution in [0.25, 0.3) is 17.0 Å². The number of rotatable bonds is 2. The van der Waals surface area contributed by atoms with Crippen molar-refractivity contribution < 1.29 is 9.53 Å². The number of esters is 1. The molecule has 3 rings (SSSR count). The SMILES string of the molecule is COC(=O)c1ncn(-c2nc(Cl)nc3nc[nH]c23)n1. The van der Waals surface area contributed by atoms with Crippen molar-refractivity contribution in [2.45, 2.75) is 0 Å². The molecule has 3 aromatic heterocycles. The van der Waals surface area contributed by atoms with E-state index in [0.717, 1.165) is 0 Å². The third kappa shape index (κ3) is 1.89. The fourth-order valence-corrected chi connectivity index (χ4v) is 1.67. The molecule has 1 N–H and O–H groups in total. The number of nitrogens with one attached hydrogen (secondary N) is 1. The summed E-state index contributed by atoms with van der Waals surface area (Å²) in [4.78, 5) is 29.9. The topological polar surface area (TPSA) is 111 Å². The number of H-pyrrole nitrogens is 1. The molecule has 19 heavy (non-hydrogen) atoms. The first-order valence-electron chi connectivity index (χ1n) is 5.06. The molecule has 0 amide bonds. The van der Waals surface area contributed by atoms with Crippen molar-refractivity contribution >= 4 is 28.7 Å². The molecule has 3 heterocycles. The van der Waals surface area contributed by atoms with Crippen molar-refractivity contribution in [3.8, 4) is 5.82 Å². The summed E-state index contributed by atoms with van der Waals surface area (Å²) < 4.78 is 5.82. The molecule has 0 aliphatic rings. The molecule has 3 aromatic rings. The van der Waals surface area contributed by atoms with E-state index in [9.17, 15) is 4.79 Å². The Balaban J connectivity index is 2.16. The van der Waals surface area contributed by atoms with Crippen LogP contribution in [0.3, 0.4) is 0 Å². The molecule has 0 fully saturated rings. The van der Waals surface area contributed by atoms with Crippen LogP contribution >= 0.6 is 11.6 Å². The lowest BCUT2D eigenvalue weighted by Gasteiger charge is -2.00. The number of methoxy groups -OCH3 is 1. The van der Waals surface area contributed by atoms with Gasteiger partial charge < -0.3 is 9.72 Å². The van der Waals surface area contributed by atoms with Crippen LogP contribution in [0.15, 0.2) is 12.7 Å². The van der Waals surface area contributed by atoms with Crippen LogP contribution in [0.1, 0.15) is 10.6 Å². The molecule has 0 aliphatic heterocycles. The number of hydrogen-bond acceptors (Lipinski definition) is 7. The van der Waals surface area contributed by atoms with Gasteiger partial charge in [0.2, 0.25) is 5.28 Å². The Morgan fingerprint density at radius 3 is 3.05 bits per heavy atom. The van der Waals surface area contributed by atoms with Gasteiger partial charge in [0.15, 0.2) is 11.5 Å². The van der Waals surface area contributed by atoms with Gasteiger partial charge in [0, 0.05) is 0 Å². The number of fused-ring (bicyclic) bond motifs is 1. The predicted molar refractivity (Wildman–Crippen MR) is 63.0 cm³/mol. The first-order valence-corrected chi connectivity index (χ1v) is 5.44. The first kappa shape index (κ1) is 11.5. The molecule has 0 radical (unpaired) electrons. The smallest absolute Gasteiger partial charge is 0.377 e. The zero-order chi connectivity index (χ0) is 13.4. The number of aromatic nitrogens is 7. The largest absolute Gasteiger partial charge is 0.463 e. The number of nitrogens with zero attached hydrogens (tertiary/aromatic N) is 6. The van der Waals surface area contributed by atoms with E-state index in [0.29, 0.717) is 17.0 Å². The van der Waals surface area contributed by atoms with Crippen molar-refractivity contribution in [1.82, 2.24) is 34.7 Å². The van der Waals surface area contributed by atoms with Gasteiger partial charge in [-0.3, -0.25) is 0 Å². The highest BCUT2D eigenvalue weighted by molar-refractivity contribution is 6.28. The maximum Gasteiger partial charge on any atom is 0.377 e. The quantitative estimate of drug-likeness (QED) is 0.533. The van der Waals surface area contributed by atoms with Gasteiger partial charge in [-0.05, 0) is 11.6 Å². The predicted octanol–water partition coefficient (Wildman–Crippen LogP) is 0.374. The molecule has 0 spiro atoms. The lowest BCUT2D eigenvalue weighted by molar-refractivity contribution is 0.0587. The van der Waals surface area contributed by atoms with E-state index in [4.69, 9.17) is 11.6 Å². The van der Waals surface area contributed by atoms with E-state index in [2.05, 4.69) is 34.8 Å². The number of hydrogen-bond donors (Lipinski definition) is 1. The summed E-state index contributed by atoms with van der Waals surface area (Å²) in [7, 11) is 1.25.